The van der Waals surface area contributed by atoms with Crippen molar-refractivity contribution in [3.05, 3.63) is 52.1 Å². The number of ether oxygens (including phenoxy) is 3. The molecule has 2 aliphatic heterocycles. The van der Waals surface area contributed by atoms with Gasteiger partial charge in [-0.3, -0.25) is 14.2 Å². The third-order valence-electron chi connectivity index (χ3n) is 5.07. The molecule has 3 aromatic rings. The van der Waals surface area contributed by atoms with Crippen LogP contribution >= 0.6 is 11.8 Å². The standard InChI is InChI=1S/C21H19N3O6S/c1-12-9-22-21-24(20(12)26)15(11-31-21)8-19(25)29-10-14-7-17(30-23-14)13-2-3-16-18(6-13)28-5-4-27-16/h2-3,6-7,9,15H,4-5,8,10-11H2,1H3. The molecule has 10 heteroatoms. The van der Waals surface area contributed by atoms with Crippen LogP contribution in [0, 0.1) is 6.92 Å². The lowest BCUT2D eigenvalue weighted by Gasteiger charge is -2.18. The van der Waals surface area contributed by atoms with E-state index in [1.54, 1.807) is 23.8 Å². The van der Waals surface area contributed by atoms with Crippen molar-refractivity contribution in [3.63, 3.8) is 0 Å². The number of thioether (sulfide) groups is 1. The van der Waals surface area contributed by atoms with Gasteiger partial charge in [0.05, 0.1) is 12.5 Å². The highest BCUT2D eigenvalue weighted by molar-refractivity contribution is 7.99. The Morgan fingerprint density at radius 2 is 2.10 bits per heavy atom. The highest BCUT2D eigenvalue weighted by Crippen LogP contribution is 2.35. The zero-order valence-electron chi connectivity index (χ0n) is 16.7. The topological polar surface area (TPSA) is 106 Å². The lowest BCUT2D eigenvalue weighted by Crippen LogP contribution is -2.27. The number of carbonyl (C=O) groups excluding carboxylic acids is 1. The van der Waals surface area contributed by atoms with Crippen LogP contribution in [0.4, 0.5) is 0 Å². The maximum Gasteiger partial charge on any atom is 0.308 e. The van der Waals surface area contributed by atoms with Gasteiger partial charge in [0.15, 0.2) is 22.4 Å². The van der Waals surface area contributed by atoms with Crippen LogP contribution in [-0.4, -0.2) is 39.6 Å². The van der Waals surface area contributed by atoms with Crippen LogP contribution in [0.1, 0.15) is 23.7 Å². The van der Waals surface area contributed by atoms with Gasteiger partial charge in [-0.1, -0.05) is 16.9 Å². The normalized spacial score (nSPS) is 16.7. The van der Waals surface area contributed by atoms with Gasteiger partial charge in [-0.15, -0.1) is 0 Å². The number of aromatic nitrogens is 3. The van der Waals surface area contributed by atoms with E-state index >= 15 is 0 Å². The smallest absolute Gasteiger partial charge is 0.308 e. The van der Waals surface area contributed by atoms with Crippen molar-refractivity contribution in [2.24, 2.45) is 0 Å². The lowest BCUT2D eigenvalue weighted by atomic mass is 10.1. The van der Waals surface area contributed by atoms with Gasteiger partial charge in [-0.2, -0.15) is 0 Å². The van der Waals surface area contributed by atoms with Gasteiger partial charge < -0.3 is 18.7 Å². The van der Waals surface area contributed by atoms with E-state index in [1.165, 1.54) is 11.8 Å². The Kier molecular flexibility index (Phi) is 5.14. The largest absolute Gasteiger partial charge is 0.486 e. The fourth-order valence-corrected chi connectivity index (χ4v) is 4.60. The zero-order valence-corrected chi connectivity index (χ0v) is 17.5. The van der Waals surface area contributed by atoms with E-state index in [-0.39, 0.29) is 24.6 Å². The number of rotatable bonds is 5. The van der Waals surface area contributed by atoms with Crippen molar-refractivity contribution < 1.29 is 23.5 Å². The second-order valence-electron chi connectivity index (χ2n) is 7.27. The molecular weight excluding hydrogens is 422 g/mol. The Morgan fingerprint density at radius 3 is 2.97 bits per heavy atom. The van der Waals surface area contributed by atoms with Crippen molar-refractivity contribution >= 4 is 17.7 Å². The van der Waals surface area contributed by atoms with Crippen molar-refractivity contribution in [2.45, 2.75) is 31.1 Å². The van der Waals surface area contributed by atoms with Crippen LogP contribution in [0.25, 0.3) is 11.3 Å². The predicted octanol–water partition coefficient (Wildman–Crippen LogP) is 2.76. The van der Waals surface area contributed by atoms with Crippen LogP contribution in [0.2, 0.25) is 0 Å². The fourth-order valence-electron chi connectivity index (χ4n) is 3.49. The minimum absolute atomic E-state index is 0.0133. The van der Waals surface area contributed by atoms with Crippen LogP contribution in [0.15, 0.2) is 44.9 Å². The Balaban J connectivity index is 1.21. The SMILES string of the molecule is Cc1cnc2n(c1=O)C(CC(=O)OCc1cc(-c3ccc4c(c3)OCCO4)on1)CS2. The molecule has 0 bridgehead atoms. The molecule has 0 saturated heterocycles. The summed E-state index contributed by atoms with van der Waals surface area (Å²) in [5, 5.41) is 4.61. The average molecular weight is 441 g/mol. The molecule has 1 atom stereocenters. The molecule has 31 heavy (non-hydrogen) atoms. The third kappa shape index (κ3) is 3.90. The van der Waals surface area contributed by atoms with Gasteiger partial charge in [0, 0.05) is 29.1 Å². The van der Waals surface area contributed by atoms with E-state index in [0.717, 1.165) is 5.56 Å². The second-order valence-corrected chi connectivity index (χ2v) is 8.26. The summed E-state index contributed by atoms with van der Waals surface area (Å²) in [6.07, 6.45) is 1.66. The van der Waals surface area contributed by atoms with Crippen molar-refractivity contribution in [2.75, 3.05) is 19.0 Å². The maximum atomic E-state index is 12.4. The van der Waals surface area contributed by atoms with E-state index in [2.05, 4.69) is 10.1 Å². The first-order chi connectivity index (χ1) is 15.1. The van der Waals surface area contributed by atoms with Gasteiger partial charge in [-0.05, 0) is 25.1 Å². The highest BCUT2D eigenvalue weighted by atomic mass is 32.2. The molecule has 2 aromatic heterocycles. The summed E-state index contributed by atoms with van der Waals surface area (Å²) in [4.78, 5) is 29.0. The molecule has 0 fully saturated rings. The minimum Gasteiger partial charge on any atom is -0.486 e. The first kappa shape index (κ1) is 19.7. The number of esters is 1. The predicted molar refractivity (Wildman–Crippen MR) is 110 cm³/mol. The molecule has 160 valence electrons. The number of aryl methyl sites for hydroxylation is 1. The number of hydrogen-bond acceptors (Lipinski definition) is 9. The molecule has 0 amide bonds. The van der Waals surface area contributed by atoms with E-state index in [4.69, 9.17) is 18.7 Å². The van der Waals surface area contributed by atoms with E-state index in [1.807, 2.05) is 18.2 Å². The molecule has 0 aliphatic carbocycles. The molecule has 2 aliphatic rings. The van der Waals surface area contributed by atoms with Gasteiger partial charge >= 0.3 is 5.97 Å². The number of carbonyl (C=O) groups is 1. The molecule has 0 radical (unpaired) electrons. The Hall–Kier alpha value is -3.27. The molecule has 0 saturated carbocycles. The quantitative estimate of drug-likeness (QED) is 0.436. The van der Waals surface area contributed by atoms with Crippen molar-refractivity contribution in [1.82, 2.24) is 14.7 Å². The molecule has 0 N–H and O–H groups in total. The van der Waals surface area contributed by atoms with E-state index < -0.39 is 5.97 Å². The summed E-state index contributed by atoms with van der Waals surface area (Å²) < 4.78 is 23.4. The summed E-state index contributed by atoms with van der Waals surface area (Å²) >= 11 is 1.46. The van der Waals surface area contributed by atoms with Gasteiger partial charge in [0.2, 0.25) is 0 Å². The van der Waals surface area contributed by atoms with Gasteiger partial charge in [0.25, 0.3) is 5.56 Å². The van der Waals surface area contributed by atoms with E-state index in [0.29, 0.717) is 52.6 Å². The number of nitrogens with zero attached hydrogens (tertiary/aromatic N) is 3. The summed E-state index contributed by atoms with van der Waals surface area (Å²) in [6, 6.07) is 6.96. The van der Waals surface area contributed by atoms with Crippen LogP contribution in [0.3, 0.4) is 0 Å². The lowest BCUT2D eigenvalue weighted by molar-refractivity contribution is -0.145. The van der Waals surface area contributed by atoms with Gasteiger partial charge in [0.1, 0.15) is 25.5 Å². The Labute approximate surface area is 181 Å². The molecule has 1 unspecified atom stereocenters. The zero-order chi connectivity index (χ0) is 21.4. The highest BCUT2D eigenvalue weighted by Gasteiger charge is 2.28. The number of fused-ring (bicyclic) bond motifs is 2. The molecular formula is C21H19N3O6S. The van der Waals surface area contributed by atoms with Crippen LogP contribution in [-0.2, 0) is 16.1 Å². The molecule has 9 nitrogen and oxygen atoms in total. The first-order valence-electron chi connectivity index (χ1n) is 9.80. The van der Waals surface area contributed by atoms with Crippen LogP contribution in [0.5, 0.6) is 11.5 Å². The maximum absolute atomic E-state index is 12.4. The number of hydrogen-bond donors (Lipinski definition) is 0. The van der Waals surface area contributed by atoms with Crippen molar-refractivity contribution in [1.29, 1.82) is 0 Å². The third-order valence-corrected chi connectivity index (χ3v) is 6.18. The first-order valence-corrected chi connectivity index (χ1v) is 10.8. The monoisotopic (exact) mass is 441 g/mol. The summed E-state index contributed by atoms with van der Waals surface area (Å²) in [7, 11) is 0. The summed E-state index contributed by atoms with van der Waals surface area (Å²) in [5.41, 5.74) is 1.72. The van der Waals surface area contributed by atoms with E-state index in [9.17, 15) is 9.59 Å². The second kappa shape index (κ2) is 8.10. The van der Waals surface area contributed by atoms with Crippen molar-refractivity contribution in [3.8, 4) is 22.8 Å². The van der Waals surface area contributed by atoms with Gasteiger partial charge in [-0.25, -0.2) is 4.98 Å². The molecule has 4 heterocycles. The summed E-state index contributed by atoms with van der Waals surface area (Å²) in [6.45, 7) is 2.73. The summed E-state index contributed by atoms with van der Waals surface area (Å²) in [5.74, 6) is 2.09. The fraction of sp³-hybridized carbons (Fsp3) is 0.333. The Morgan fingerprint density at radius 1 is 1.26 bits per heavy atom. The Bertz CT molecular complexity index is 1200. The van der Waals surface area contributed by atoms with Crippen LogP contribution < -0.4 is 15.0 Å². The molecule has 0 spiro atoms. The number of benzene rings is 1. The minimum atomic E-state index is -0.407. The molecule has 1 aromatic carbocycles. The molecule has 5 rings (SSSR count). The average Bonchev–Trinajstić information content (AvgIpc) is 3.42.